The van der Waals surface area contributed by atoms with Crippen LogP contribution in [0.1, 0.15) is 23.0 Å². The Morgan fingerprint density at radius 3 is 2.29 bits per heavy atom. The zero-order chi connectivity index (χ0) is 22.0. The SMILES string of the molecule is CC(=O)Nc1c(-c2ccc(Cl)cc2)c(C)nn1-c1ccc(C(=O)N2CCOCC2)cc1. The molecule has 2 aromatic carbocycles. The van der Waals surface area contributed by atoms with Gasteiger partial charge >= 0.3 is 0 Å². The summed E-state index contributed by atoms with van der Waals surface area (Å²) in [5.41, 5.74) is 3.83. The van der Waals surface area contributed by atoms with Crippen LogP contribution in [0.15, 0.2) is 48.5 Å². The molecular formula is C23H23ClN4O3. The fraction of sp³-hybridized carbons (Fsp3) is 0.261. The Kier molecular flexibility index (Phi) is 6.06. The molecule has 7 nitrogen and oxygen atoms in total. The normalized spacial score (nSPS) is 13.8. The summed E-state index contributed by atoms with van der Waals surface area (Å²) in [6.07, 6.45) is 0. The number of hydrogen-bond donors (Lipinski definition) is 1. The smallest absolute Gasteiger partial charge is 0.254 e. The molecule has 1 fully saturated rings. The fourth-order valence-electron chi connectivity index (χ4n) is 3.65. The topological polar surface area (TPSA) is 76.5 Å². The van der Waals surface area contributed by atoms with Crippen molar-refractivity contribution in [3.05, 3.63) is 64.8 Å². The number of hydrogen-bond acceptors (Lipinski definition) is 4. The molecule has 0 radical (unpaired) electrons. The fourth-order valence-corrected chi connectivity index (χ4v) is 3.78. The highest BCUT2D eigenvalue weighted by Gasteiger charge is 2.21. The maximum Gasteiger partial charge on any atom is 0.254 e. The van der Waals surface area contributed by atoms with E-state index in [9.17, 15) is 9.59 Å². The third-order valence-corrected chi connectivity index (χ3v) is 5.40. The highest BCUT2D eigenvalue weighted by Crippen LogP contribution is 2.34. The van der Waals surface area contributed by atoms with Gasteiger partial charge in [-0.05, 0) is 48.9 Å². The lowest BCUT2D eigenvalue weighted by atomic mass is 10.1. The number of benzene rings is 2. The van der Waals surface area contributed by atoms with Crippen molar-refractivity contribution in [2.75, 3.05) is 31.6 Å². The van der Waals surface area contributed by atoms with Crippen molar-refractivity contribution in [2.45, 2.75) is 13.8 Å². The number of morpholine rings is 1. The van der Waals surface area contributed by atoms with Gasteiger partial charge in [-0.15, -0.1) is 0 Å². The number of nitrogens with zero attached hydrogens (tertiary/aromatic N) is 3. The molecule has 31 heavy (non-hydrogen) atoms. The number of carbonyl (C=O) groups is 2. The average molecular weight is 439 g/mol. The van der Waals surface area contributed by atoms with E-state index in [1.807, 2.05) is 31.2 Å². The van der Waals surface area contributed by atoms with Gasteiger partial charge in [-0.1, -0.05) is 23.7 Å². The van der Waals surface area contributed by atoms with E-state index >= 15 is 0 Å². The van der Waals surface area contributed by atoms with E-state index in [-0.39, 0.29) is 11.8 Å². The van der Waals surface area contributed by atoms with E-state index in [1.54, 1.807) is 33.8 Å². The van der Waals surface area contributed by atoms with Crippen molar-refractivity contribution < 1.29 is 14.3 Å². The highest BCUT2D eigenvalue weighted by molar-refractivity contribution is 6.30. The number of nitrogens with one attached hydrogen (secondary N) is 1. The molecule has 2 amide bonds. The number of halogens is 1. The van der Waals surface area contributed by atoms with Crippen LogP contribution in [0.5, 0.6) is 0 Å². The van der Waals surface area contributed by atoms with Gasteiger partial charge < -0.3 is 15.0 Å². The van der Waals surface area contributed by atoms with Gasteiger partial charge in [-0.25, -0.2) is 4.68 Å². The molecule has 2 heterocycles. The van der Waals surface area contributed by atoms with Gasteiger partial charge in [0.1, 0.15) is 5.82 Å². The Morgan fingerprint density at radius 1 is 1.03 bits per heavy atom. The summed E-state index contributed by atoms with van der Waals surface area (Å²) in [7, 11) is 0. The molecule has 0 unspecified atom stereocenters. The quantitative estimate of drug-likeness (QED) is 0.669. The van der Waals surface area contributed by atoms with E-state index < -0.39 is 0 Å². The summed E-state index contributed by atoms with van der Waals surface area (Å²) in [4.78, 5) is 26.4. The minimum Gasteiger partial charge on any atom is -0.378 e. The number of ether oxygens (including phenoxy) is 1. The molecule has 8 heteroatoms. The molecule has 0 saturated carbocycles. The Balaban J connectivity index is 1.70. The first-order valence-electron chi connectivity index (χ1n) is 10.0. The molecule has 3 aromatic rings. The minimum atomic E-state index is -0.199. The second-order valence-corrected chi connectivity index (χ2v) is 7.80. The highest BCUT2D eigenvalue weighted by atomic mass is 35.5. The first-order chi connectivity index (χ1) is 14.9. The van der Waals surface area contributed by atoms with Crippen LogP contribution < -0.4 is 5.32 Å². The van der Waals surface area contributed by atoms with Crippen LogP contribution in [0, 0.1) is 6.92 Å². The van der Waals surface area contributed by atoms with E-state index in [0.29, 0.717) is 42.7 Å². The molecule has 4 rings (SSSR count). The van der Waals surface area contributed by atoms with Crippen LogP contribution in [-0.2, 0) is 9.53 Å². The second-order valence-electron chi connectivity index (χ2n) is 7.36. The summed E-state index contributed by atoms with van der Waals surface area (Å²) in [5.74, 6) is 0.352. The van der Waals surface area contributed by atoms with Gasteiger partial charge in [0.15, 0.2) is 0 Å². The van der Waals surface area contributed by atoms with E-state index in [2.05, 4.69) is 10.4 Å². The summed E-state index contributed by atoms with van der Waals surface area (Å²) < 4.78 is 7.00. The number of aromatic nitrogens is 2. The zero-order valence-corrected chi connectivity index (χ0v) is 18.1. The largest absolute Gasteiger partial charge is 0.378 e. The van der Waals surface area contributed by atoms with Crippen LogP contribution >= 0.6 is 11.6 Å². The maximum atomic E-state index is 12.7. The van der Waals surface area contributed by atoms with Crippen molar-refractivity contribution in [3.8, 4) is 16.8 Å². The third kappa shape index (κ3) is 4.47. The van der Waals surface area contributed by atoms with Gasteiger partial charge in [0, 0.05) is 36.2 Å². The molecule has 0 bridgehead atoms. The molecule has 1 N–H and O–H groups in total. The molecule has 0 aliphatic carbocycles. The molecule has 1 aliphatic heterocycles. The number of carbonyl (C=O) groups excluding carboxylic acids is 2. The van der Waals surface area contributed by atoms with Crippen molar-refractivity contribution in [3.63, 3.8) is 0 Å². The van der Waals surface area contributed by atoms with Crippen molar-refractivity contribution in [1.29, 1.82) is 0 Å². The monoisotopic (exact) mass is 438 g/mol. The standard InChI is InChI=1S/C23H23ClN4O3/c1-15-21(17-3-7-19(24)8-4-17)22(25-16(2)29)28(26-15)20-9-5-18(6-10-20)23(30)27-11-13-31-14-12-27/h3-10H,11-14H2,1-2H3,(H,25,29). The molecule has 1 aromatic heterocycles. The number of anilines is 1. The zero-order valence-electron chi connectivity index (χ0n) is 17.4. The van der Waals surface area contributed by atoms with Gasteiger partial charge in [0.05, 0.1) is 24.6 Å². The van der Waals surface area contributed by atoms with E-state index in [0.717, 1.165) is 22.5 Å². The van der Waals surface area contributed by atoms with Crippen molar-refractivity contribution in [2.24, 2.45) is 0 Å². The van der Waals surface area contributed by atoms with Gasteiger partial charge in [-0.2, -0.15) is 5.10 Å². The predicted octanol–water partition coefficient (Wildman–Crippen LogP) is 3.93. The molecule has 1 saturated heterocycles. The van der Waals surface area contributed by atoms with Gasteiger partial charge in [-0.3, -0.25) is 9.59 Å². The molecule has 0 atom stereocenters. The average Bonchev–Trinajstić information content (AvgIpc) is 3.09. The Hall–Kier alpha value is -3.16. The summed E-state index contributed by atoms with van der Waals surface area (Å²) in [6.45, 7) is 5.66. The maximum absolute atomic E-state index is 12.7. The number of rotatable bonds is 4. The Bertz CT molecular complexity index is 1100. The first-order valence-corrected chi connectivity index (χ1v) is 10.4. The lowest BCUT2D eigenvalue weighted by Crippen LogP contribution is -2.40. The van der Waals surface area contributed by atoms with Crippen LogP contribution in [0.4, 0.5) is 5.82 Å². The number of amides is 2. The van der Waals surface area contributed by atoms with Crippen LogP contribution in [0.2, 0.25) is 5.02 Å². The minimum absolute atomic E-state index is 0.0181. The Labute approximate surface area is 185 Å². The van der Waals surface area contributed by atoms with E-state index in [1.165, 1.54) is 6.92 Å². The Morgan fingerprint density at radius 2 is 1.68 bits per heavy atom. The predicted molar refractivity (Wildman–Crippen MR) is 120 cm³/mol. The lowest BCUT2D eigenvalue weighted by molar-refractivity contribution is -0.114. The summed E-state index contributed by atoms with van der Waals surface area (Å²) in [5, 5.41) is 8.19. The second kappa shape index (κ2) is 8.91. The molecule has 0 spiro atoms. The first kappa shape index (κ1) is 21.1. The summed E-state index contributed by atoms with van der Waals surface area (Å²) in [6, 6.07) is 14.6. The van der Waals surface area contributed by atoms with Crippen LogP contribution in [-0.4, -0.2) is 52.8 Å². The van der Waals surface area contributed by atoms with Crippen LogP contribution in [0.3, 0.4) is 0 Å². The number of aryl methyl sites for hydroxylation is 1. The van der Waals surface area contributed by atoms with Crippen molar-refractivity contribution in [1.82, 2.24) is 14.7 Å². The third-order valence-electron chi connectivity index (χ3n) is 5.14. The molecule has 160 valence electrons. The van der Waals surface area contributed by atoms with Crippen molar-refractivity contribution >= 4 is 29.2 Å². The van der Waals surface area contributed by atoms with Crippen LogP contribution in [0.25, 0.3) is 16.8 Å². The molecule has 1 aliphatic rings. The summed E-state index contributed by atoms with van der Waals surface area (Å²) >= 11 is 6.03. The van der Waals surface area contributed by atoms with E-state index in [4.69, 9.17) is 16.3 Å². The lowest BCUT2D eigenvalue weighted by Gasteiger charge is -2.26. The molecular weight excluding hydrogens is 416 g/mol. The van der Waals surface area contributed by atoms with Gasteiger partial charge in [0.2, 0.25) is 5.91 Å². The van der Waals surface area contributed by atoms with Gasteiger partial charge in [0.25, 0.3) is 5.91 Å².